The van der Waals surface area contributed by atoms with Crippen LogP contribution in [0.5, 0.6) is 0 Å². The molecule has 2 heterocycles. The van der Waals surface area contributed by atoms with Gasteiger partial charge in [0.05, 0.1) is 0 Å². The van der Waals surface area contributed by atoms with Crippen LogP contribution in [0.2, 0.25) is 0 Å². The third-order valence-electron chi connectivity index (χ3n) is 5.47. The maximum Gasteiger partial charge on any atom is 0.0224 e. The number of nitrogens with one attached hydrogen (secondary N) is 1. The fraction of sp³-hybridized carbons (Fsp3) is 1.00. The zero-order valence-electron chi connectivity index (χ0n) is 12.4. The molecular formula is C16H30N2S. The molecular weight excluding hydrogens is 252 g/mol. The van der Waals surface area contributed by atoms with Crippen LogP contribution in [0, 0.1) is 5.92 Å². The smallest absolute Gasteiger partial charge is 0.0224 e. The van der Waals surface area contributed by atoms with Gasteiger partial charge in [0.25, 0.3) is 0 Å². The summed E-state index contributed by atoms with van der Waals surface area (Å²) in [5.74, 6) is 3.73. The Bertz CT molecular complexity index is 272. The lowest BCUT2D eigenvalue weighted by Gasteiger charge is -2.47. The average molecular weight is 282 g/mol. The van der Waals surface area contributed by atoms with E-state index in [1.165, 1.54) is 69.5 Å². The van der Waals surface area contributed by atoms with Crippen molar-refractivity contribution < 1.29 is 0 Å². The second kappa shape index (κ2) is 6.82. The molecule has 2 saturated heterocycles. The fourth-order valence-corrected chi connectivity index (χ4v) is 5.43. The predicted molar refractivity (Wildman–Crippen MR) is 84.9 cm³/mol. The van der Waals surface area contributed by atoms with Crippen molar-refractivity contribution in [3.8, 4) is 0 Å². The highest BCUT2D eigenvalue weighted by molar-refractivity contribution is 7.99. The number of piperazine rings is 1. The van der Waals surface area contributed by atoms with Gasteiger partial charge >= 0.3 is 0 Å². The molecule has 0 aromatic carbocycles. The van der Waals surface area contributed by atoms with Gasteiger partial charge in [-0.1, -0.05) is 19.3 Å². The van der Waals surface area contributed by atoms with E-state index >= 15 is 0 Å². The van der Waals surface area contributed by atoms with Crippen molar-refractivity contribution in [3.05, 3.63) is 0 Å². The molecule has 19 heavy (non-hydrogen) atoms. The van der Waals surface area contributed by atoms with E-state index in [9.17, 15) is 0 Å². The molecule has 3 rings (SSSR count). The summed E-state index contributed by atoms with van der Waals surface area (Å²) in [5.41, 5.74) is 0. The zero-order valence-corrected chi connectivity index (χ0v) is 13.3. The highest BCUT2D eigenvalue weighted by atomic mass is 32.2. The van der Waals surface area contributed by atoms with Gasteiger partial charge in [-0.2, -0.15) is 11.8 Å². The van der Waals surface area contributed by atoms with Gasteiger partial charge in [-0.25, -0.2) is 0 Å². The van der Waals surface area contributed by atoms with Gasteiger partial charge < -0.3 is 5.32 Å². The predicted octanol–water partition coefficient (Wildman–Crippen LogP) is 3.12. The van der Waals surface area contributed by atoms with Gasteiger partial charge in [0.1, 0.15) is 0 Å². The van der Waals surface area contributed by atoms with Crippen molar-refractivity contribution in [1.82, 2.24) is 10.2 Å². The Balaban J connectivity index is 1.59. The summed E-state index contributed by atoms with van der Waals surface area (Å²) in [7, 11) is 0. The van der Waals surface area contributed by atoms with E-state index in [1.54, 1.807) is 0 Å². The maximum absolute atomic E-state index is 3.86. The quantitative estimate of drug-likeness (QED) is 0.838. The first-order valence-electron chi connectivity index (χ1n) is 8.41. The summed E-state index contributed by atoms with van der Waals surface area (Å²) in [6, 6.07) is 2.38. The molecule has 1 saturated carbocycles. The van der Waals surface area contributed by atoms with E-state index in [4.69, 9.17) is 0 Å². The van der Waals surface area contributed by atoms with Crippen LogP contribution in [0.15, 0.2) is 0 Å². The molecule has 110 valence electrons. The SMILES string of the molecule is CC1CNC(C2CCCCC2)CN1C1CCCSC1. The Hall–Kier alpha value is 0.270. The van der Waals surface area contributed by atoms with Gasteiger partial charge in [-0.05, 0) is 44.3 Å². The third-order valence-corrected chi connectivity index (χ3v) is 6.67. The summed E-state index contributed by atoms with van der Waals surface area (Å²) < 4.78 is 0. The monoisotopic (exact) mass is 282 g/mol. The van der Waals surface area contributed by atoms with E-state index in [0.29, 0.717) is 0 Å². The summed E-state index contributed by atoms with van der Waals surface area (Å²) in [4.78, 5) is 2.85. The van der Waals surface area contributed by atoms with Gasteiger partial charge in [-0.3, -0.25) is 4.90 Å². The minimum absolute atomic E-state index is 0.739. The molecule has 3 fully saturated rings. The first kappa shape index (κ1) is 14.2. The summed E-state index contributed by atoms with van der Waals surface area (Å²) in [6.45, 7) is 4.95. The molecule has 0 spiro atoms. The largest absolute Gasteiger partial charge is 0.311 e. The number of rotatable bonds is 2. The number of nitrogens with zero attached hydrogens (tertiary/aromatic N) is 1. The fourth-order valence-electron chi connectivity index (χ4n) is 4.26. The molecule has 0 radical (unpaired) electrons. The van der Waals surface area contributed by atoms with Crippen LogP contribution in [0.4, 0.5) is 0 Å². The van der Waals surface area contributed by atoms with Crippen LogP contribution in [0.25, 0.3) is 0 Å². The Kier molecular flexibility index (Phi) is 5.10. The molecule has 1 N–H and O–H groups in total. The molecule has 0 amide bonds. The summed E-state index contributed by atoms with van der Waals surface area (Å²) >= 11 is 2.17. The molecule has 1 aliphatic carbocycles. The standard InChI is InChI=1S/C16H30N2S/c1-13-10-17-16(14-6-3-2-4-7-14)11-18(13)15-8-5-9-19-12-15/h13-17H,2-12H2,1H3. The molecule has 0 bridgehead atoms. The van der Waals surface area contributed by atoms with E-state index < -0.39 is 0 Å². The number of hydrogen-bond donors (Lipinski definition) is 1. The molecule has 0 aromatic rings. The topological polar surface area (TPSA) is 15.3 Å². The Morgan fingerprint density at radius 1 is 1.05 bits per heavy atom. The van der Waals surface area contributed by atoms with Crippen molar-refractivity contribution >= 4 is 11.8 Å². The summed E-state index contributed by atoms with van der Waals surface area (Å²) in [6.07, 6.45) is 10.2. The first-order valence-corrected chi connectivity index (χ1v) is 9.57. The van der Waals surface area contributed by atoms with Crippen LogP contribution >= 0.6 is 11.8 Å². The van der Waals surface area contributed by atoms with Crippen LogP contribution in [-0.2, 0) is 0 Å². The van der Waals surface area contributed by atoms with Crippen molar-refractivity contribution in [2.45, 2.75) is 70.0 Å². The second-order valence-electron chi connectivity index (χ2n) is 6.83. The number of thioether (sulfide) groups is 1. The average Bonchev–Trinajstić information content (AvgIpc) is 2.49. The molecule has 2 nitrogen and oxygen atoms in total. The van der Waals surface area contributed by atoms with Crippen LogP contribution in [0.1, 0.15) is 51.9 Å². The van der Waals surface area contributed by atoms with Crippen molar-refractivity contribution in [2.75, 3.05) is 24.6 Å². The van der Waals surface area contributed by atoms with Gasteiger partial charge in [-0.15, -0.1) is 0 Å². The van der Waals surface area contributed by atoms with E-state index in [-0.39, 0.29) is 0 Å². The lowest BCUT2D eigenvalue weighted by atomic mass is 9.82. The molecule has 3 aliphatic rings. The van der Waals surface area contributed by atoms with Crippen molar-refractivity contribution in [1.29, 1.82) is 0 Å². The summed E-state index contributed by atoms with van der Waals surface area (Å²) in [5, 5.41) is 3.86. The molecule has 3 heteroatoms. The minimum atomic E-state index is 0.739. The molecule has 2 aliphatic heterocycles. The van der Waals surface area contributed by atoms with Crippen molar-refractivity contribution in [3.63, 3.8) is 0 Å². The molecule has 3 unspecified atom stereocenters. The first-order chi connectivity index (χ1) is 9.34. The Labute approximate surface area is 123 Å². The van der Waals surface area contributed by atoms with E-state index in [1.807, 2.05) is 0 Å². The maximum atomic E-state index is 3.86. The van der Waals surface area contributed by atoms with E-state index in [0.717, 1.165) is 24.0 Å². The molecule has 0 aromatic heterocycles. The molecule has 3 atom stereocenters. The number of hydrogen-bond acceptors (Lipinski definition) is 3. The van der Waals surface area contributed by atoms with Gasteiger partial charge in [0.2, 0.25) is 0 Å². The zero-order chi connectivity index (χ0) is 13.1. The van der Waals surface area contributed by atoms with Crippen LogP contribution < -0.4 is 5.32 Å². The lowest BCUT2D eigenvalue weighted by molar-refractivity contribution is 0.0694. The van der Waals surface area contributed by atoms with Crippen molar-refractivity contribution in [2.24, 2.45) is 5.92 Å². The lowest BCUT2D eigenvalue weighted by Crippen LogP contribution is -2.61. The van der Waals surface area contributed by atoms with Gasteiger partial charge in [0.15, 0.2) is 0 Å². The highest BCUT2D eigenvalue weighted by Crippen LogP contribution is 2.30. The minimum Gasteiger partial charge on any atom is -0.311 e. The Morgan fingerprint density at radius 3 is 2.63 bits per heavy atom. The normalized spacial score (nSPS) is 39.3. The van der Waals surface area contributed by atoms with E-state index in [2.05, 4.69) is 28.9 Å². The van der Waals surface area contributed by atoms with Gasteiger partial charge in [0, 0.05) is 37.0 Å². The highest BCUT2D eigenvalue weighted by Gasteiger charge is 2.34. The van der Waals surface area contributed by atoms with Crippen LogP contribution in [0.3, 0.4) is 0 Å². The van der Waals surface area contributed by atoms with Crippen LogP contribution in [-0.4, -0.2) is 47.6 Å². The second-order valence-corrected chi connectivity index (χ2v) is 7.98. The third kappa shape index (κ3) is 3.48. The Morgan fingerprint density at radius 2 is 1.89 bits per heavy atom.